The highest BCUT2D eigenvalue weighted by Gasteiger charge is 2.29. The largest absolute Gasteiger partial charge is 0.296 e. The van der Waals surface area contributed by atoms with Gasteiger partial charge in [-0.05, 0) is 50.3 Å². The van der Waals surface area contributed by atoms with E-state index >= 15 is 0 Å². The third kappa shape index (κ3) is 3.92. The first-order valence-electron chi connectivity index (χ1n) is 7.68. The highest BCUT2D eigenvalue weighted by atomic mass is 16.1. The molecule has 2 rings (SSSR count). The third-order valence-corrected chi connectivity index (χ3v) is 4.52. The maximum Gasteiger partial charge on any atom is 0.176 e. The molecule has 110 valence electrons. The van der Waals surface area contributed by atoms with Gasteiger partial charge in [0, 0.05) is 5.56 Å². The van der Waals surface area contributed by atoms with Crippen molar-refractivity contribution in [1.82, 2.24) is 4.90 Å². The second-order valence-electron chi connectivity index (χ2n) is 7.21. The number of nitrogens with zero attached hydrogens (tertiary/aromatic N) is 1. The minimum absolute atomic E-state index is 0.253. The molecule has 2 nitrogen and oxygen atoms in total. The molecule has 0 amide bonds. The van der Waals surface area contributed by atoms with Crippen LogP contribution in [-0.4, -0.2) is 30.3 Å². The van der Waals surface area contributed by atoms with Gasteiger partial charge in [0.2, 0.25) is 0 Å². The van der Waals surface area contributed by atoms with Crippen molar-refractivity contribution in [2.45, 2.75) is 40.5 Å². The maximum absolute atomic E-state index is 12.3. The van der Waals surface area contributed by atoms with E-state index in [2.05, 4.69) is 25.7 Å². The average molecular weight is 273 g/mol. The van der Waals surface area contributed by atoms with Crippen LogP contribution in [-0.2, 0) is 0 Å². The van der Waals surface area contributed by atoms with Gasteiger partial charge in [-0.25, -0.2) is 0 Å². The Kier molecular flexibility index (Phi) is 4.64. The second kappa shape index (κ2) is 6.09. The lowest BCUT2D eigenvalue weighted by Crippen LogP contribution is -2.40. The molecule has 0 spiro atoms. The van der Waals surface area contributed by atoms with Gasteiger partial charge in [0.25, 0.3) is 0 Å². The molecule has 1 fully saturated rings. The third-order valence-electron chi connectivity index (χ3n) is 4.52. The lowest BCUT2D eigenvalue weighted by Gasteiger charge is -2.38. The number of hydrogen-bond acceptors (Lipinski definition) is 2. The molecule has 1 saturated heterocycles. The van der Waals surface area contributed by atoms with Gasteiger partial charge in [0.05, 0.1) is 6.54 Å². The summed E-state index contributed by atoms with van der Waals surface area (Å²) in [4.78, 5) is 14.6. The van der Waals surface area contributed by atoms with Crippen LogP contribution in [0.2, 0.25) is 0 Å². The van der Waals surface area contributed by atoms with E-state index in [1.54, 1.807) is 0 Å². The van der Waals surface area contributed by atoms with E-state index in [9.17, 15) is 4.79 Å². The minimum atomic E-state index is 0.253. The van der Waals surface area contributed by atoms with Gasteiger partial charge in [-0.3, -0.25) is 9.69 Å². The first-order valence-corrected chi connectivity index (χ1v) is 7.68. The number of carbonyl (C=O) groups is 1. The van der Waals surface area contributed by atoms with Gasteiger partial charge in [0.15, 0.2) is 5.78 Å². The van der Waals surface area contributed by atoms with Crippen molar-refractivity contribution in [1.29, 1.82) is 0 Å². The van der Waals surface area contributed by atoms with Gasteiger partial charge < -0.3 is 0 Å². The molecule has 0 N–H and O–H groups in total. The van der Waals surface area contributed by atoms with Gasteiger partial charge in [-0.15, -0.1) is 0 Å². The van der Waals surface area contributed by atoms with Crippen molar-refractivity contribution in [3.63, 3.8) is 0 Å². The molecule has 0 aliphatic carbocycles. The standard InChI is InChI=1S/C18H27NO/c1-14-6-5-7-15(12-14)17(20)13-19-10-8-16(9-11-19)18(2,3)4/h5-7,12,16H,8-11,13H2,1-4H3. The molecule has 0 bridgehead atoms. The Bertz CT molecular complexity index is 465. The Morgan fingerprint density at radius 1 is 1.25 bits per heavy atom. The summed E-state index contributed by atoms with van der Waals surface area (Å²) in [5, 5.41) is 0. The van der Waals surface area contributed by atoms with Gasteiger partial charge in [-0.2, -0.15) is 0 Å². The average Bonchev–Trinajstić information content (AvgIpc) is 2.38. The molecule has 2 heteroatoms. The number of ketones is 1. The van der Waals surface area contributed by atoms with Crippen LogP contribution >= 0.6 is 0 Å². The molecule has 0 radical (unpaired) electrons. The molecule has 1 aliphatic heterocycles. The summed E-state index contributed by atoms with van der Waals surface area (Å²) in [5.41, 5.74) is 2.40. The van der Waals surface area contributed by atoms with Crippen molar-refractivity contribution in [2.75, 3.05) is 19.6 Å². The first-order chi connectivity index (χ1) is 9.36. The molecule has 1 aromatic carbocycles. The van der Waals surface area contributed by atoms with Crippen LogP contribution in [0.4, 0.5) is 0 Å². The summed E-state index contributed by atoms with van der Waals surface area (Å²) in [6.45, 7) is 11.7. The van der Waals surface area contributed by atoms with E-state index in [0.717, 1.165) is 30.1 Å². The lowest BCUT2D eigenvalue weighted by molar-refractivity contribution is 0.0822. The number of rotatable bonds is 3. The summed E-state index contributed by atoms with van der Waals surface area (Å²) >= 11 is 0. The zero-order valence-corrected chi connectivity index (χ0v) is 13.3. The van der Waals surface area contributed by atoms with Gasteiger partial charge >= 0.3 is 0 Å². The van der Waals surface area contributed by atoms with Crippen LogP contribution < -0.4 is 0 Å². The van der Waals surface area contributed by atoms with E-state index in [1.807, 2.05) is 31.2 Å². The number of aryl methyl sites for hydroxylation is 1. The summed E-state index contributed by atoms with van der Waals surface area (Å²) in [5.74, 6) is 1.04. The first kappa shape index (κ1) is 15.2. The summed E-state index contributed by atoms with van der Waals surface area (Å²) in [6.07, 6.45) is 2.43. The highest BCUT2D eigenvalue weighted by molar-refractivity contribution is 5.97. The van der Waals surface area contributed by atoms with E-state index in [-0.39, 0.29) is 5.78 Å². The molecular formula is C18H27NO. The number of Topliss-reactive ketones (excluding diaryl/α,β-unsaturated/α-hetero) is 1. The summed E-state index contributed by atoms with van der Waals surface area (Å²) < 4.78 is 0. The van der Waals surface area contributed by atoms with Crippen molar-refractivity contribution < 1.29 is 4.79 Å². The Hall–Kier alpha value is -1.15. The topological polar surface area (TPSA) is 20.3 Å². The van der Waals surface area contributed by atoms with Crippen LogP contribution in [0, 0.1) is 18.3 Å². The van der Waals surface area contributed by atoms with Crippen LogP contribution in [0.25, 0.3) is 0 Å². The van der Waals surface area contributed by atoms with Gasteiger partial charge in [-0.1, -0.05) is 44.5 Å². The monoisotopic (exact) mass is 273 g/mol. The van der Waals surface area contributed by atoms with Crippen LogP contribution in [0.1, 0.15) is 49.5 Å². The van der Waals surface area contributed by atoms with E-state index in [4.69, 9.17) is 0 Å². The Morgan fingerprint density at radius 2 is 1.90 bits per heavy atom. The smallest absolute Gasteiger partial charge is 0.176 e. The van der Waals surface area contributed by atoms with Crippen LogP contribution in [0.5, 0.6) is 0 Å². The maximum atomic E-state index is 12.3. The van der Waals surface area contributed by atoms with E-state index < -0.39 is 0 Å². The Labute approximate surface area is 123 Å². The Balaban J connectivity index is 1.88. The fourth-order valence-electron chi connectivity index (χ4n) is 3.07. The number of carbonyl (C=O) groups excluding carboxylic acids is 1. The SMILES string of the molecule is Cc1cccc(C(=O)CN2CCC(C(C)(C)C)CC2)c1. The molecule has 0 saturated carbocycles. The molecule has 1 heterocycles. The number of piperidine rings is 1. The molecule has 0 unspecified atom stereocenters. The molecule has 0 atom stereocenters. The van der Waals surface area contributed by atoms with Crippen LogP contribution in [0.15, 0.2) is 24.3 Å². The predicted octanol–water partition coefficient (Wildman–Crippen LogP) is 3.94. The number of hydrogen-bond donors (Lipinski definition) is 0. The van der Waals surface area contributed by atoms with E-state index in [0.29, 0.717) is 12.0 Å². The molecular weight excluding hydrogens is 246 g/mol. The molecule has 20 heavy (non-hydrogen) atoms. The van der Waals surface area contributed by atoms with Crippen molar-refractivity contribution in [2.24, 2.45) is 11.3 Å². The summed E-state index contributed by atoms with van der Waals surface area (Å²) in [7, 11) is 0. The lowest BCUT2D eigenvalue weighted by atomic mass is 9.75. The number of benzene rings is 1. The molecule has 0 aromatic heterocycles. The zero-order valence-electron chi connectivity index (χ0n) is 13.3. The van der Waals surface area contributed by atoms with E-state index in [1.165, 1.54) is 12.8 Å². The normalized spacial score (nSPS) is 18.2. The summed E-state index contributed by atoms with van der Waals surface area (Å²) in [6, 6.07) is 7.92. The van der Waals surface area contributed by atoms with Crippen molar-refractivity contribution in [3.05, 3.63) is 35.4 Å². The molecule has 1 aromatic rings. The molecule has 1 aliphatic rings. The van der Waals surface area contributed by atoms with Crippen molar-refractivity contribution >= 4 is 5.78 Å². The fraction of sp³-hybridized carbons (Fsp3) is 0.611. The quantitative estimate of drug-likeness (QED) is 0.778. The fourth-order valence-corrected chi connectivity index (χ4v) is 3.07. The zero-order chi connectivity index (χ0) is 14.8. The minimum Gasteiger partial charge on any atom is -0.296 e. The van der Waals surface area contributed by atoms with Crippen molar-refractivity contribution in [3.8, 4) is 0 Å². The van der Waals surface area contributed by atoms with Gasteiger partial charge in [0.1, 0.15) is 0 Å². The van der Waals surface area contributed by atoms with Crippen LogP contribution in [0.3, 0.4) is 0 Å². The predicted molar refractivity (Wildman–Crippen MR) is 84.1 cm³/mol. The second-order valence-corrected chi connectivity index (χ2v) is 7.21. The Morgan fingerprint density at radius 3 is 2.45 bits per heavy atom. The highest BCUT2D eigenvalue weighted by Crippen LogP contribution is 2.34. The number of likely N-dealkylation sites (tertiary alicyclic amines) is 1.